The van der Waals surface area contributed by atoms with Gasteiger partial charge in [0.15, 0.2) is 0 Å². The summed E-state index contributed by atoms with van der Waals surface area (Å²) >= 11 is 0. The third-order valence-corrected chi connectivity index (χ3v) is 4.53. The van der Waals surface area contributed by atoms with E-state index >= 15 is 0 Å². The second kappa shape index (κ2) is 5.77. The Morgan fingerprint density at radius 2 is 1.57 bits per heavy atom. The lowest BCUT2D eigenvalue weighted by molar-refractivity contribution is 0.411. The summed E-state index contributed by atoms with van der Waals surface area (Å²) in [6.07, 6.45) is 0. The third kappa shape index (κ3) is 3.55. The molecule has 2 aromatic rings. The molecule has 2 rings (SSSR count). The van der Waals surface area contributed by atoms with Crippen LogP contribution in [0.3, 0.4) is 0 Å². The minimum absolute atomic E-state index is 0.222. The molecule has 0 bridgehead atoms. The van der Waals surface area contributed by atoms with E-state index in [1.165, 1.54) is 6.07 Å². The lowest BCUT2D eigenvalue weighted by atomic mass is 10.1. The summed E-state index contributed by atoms with van der Waals surface area (Å²) in [5.74, 6) is 0.667. The highest BCUT2D eigenvalue weighted by Crippen LogP contribution is 2.24. The lowest BCUT2D eigenvalue weighted by Gasteiger charge is -2.11. The molecule has 0 radical (unpaired) electrons. The number of ether oxygens (including phenoxy) is 1. The summed E-state index contributed by atoms with van der Waals surface area (Å²) in [6, 6.07) is 10.4. The van der Waals surface area contributed by atoms with Crippen LogP contribution in [-0.4, -0.2) is 15.5 Å². The highest BCUT2D eigenvalue weighted by molar-refractivity contribution is 7.92. The fourth-order valence-electron chi connectivity index (χ4n) is 2.27. The summed E-state index contributed by atoms with van der Waals surface area (Å²) in [4.78, 5) is 0.222. The Kier molecular flexibility index (Phi) is 4.23. The first kappa shape index (κ1) is 15.4. The van der Waals surface area contributed by atoms with Gasteiger partial charge in [-0.2, -0.15) is 0 Å². The van der Waals surface area contributed by atoms with Crippen LogP contribution in [0.25, 0.3) is 0 Å². The van der Waals surface area contributed by atoms with E-state index < -0.39 is 10.0 Å². The summed E-state index contributed by atoms with van der Waals surface area (Å²) < 4.78 is 32.6. The summed E-state index contributed by atoms with van der Waals surface area (Å²) in [7, 11) is -2.04. The normalized spacial score (nSPS) is 11.2. The zero-order chi connectivity index (χ0) is 15.6. The van der Waals surface area contributed by atoms with E-state index in [1.54, 1.807) is 31.4 Å². The van der Waals surface area contributed by atoms with E-state index in [2.05, 4.69) is 4.72 Å². The minimum atomic E-state index is -3.60. The van der Waals surface area contributed by atoms with Crippen molar-refractivity contribution < 1.29 is 13.2 Å². The average Bonchev–Trinajstić information content (AvgIpc) is 2.36. The van der Waals surface area contributed by atoms with Crippen LogP contribution in [0, 0.1) is 20.8 Å². The molecule has 0 aliphatic carbocycles. The molecular weight excluding hydrogens is 286 g/mol. The van der Waals surface area contributed by atoms with Crippen molar-refractivity contribution in [1.29, 1.82) is 0 Å². The van der Waals surface area contributed by atoms with Gasteiger partial charge in [-0.25, -0.2) is 8.42 Å². The number of benzene rings is 2. The van der Waals surface area contributed by atoms with Crippen molar-refractivity contribution in [2.45, 2.75) is 25.7 Å². The smallest absolute Gasteiger partial charge is 0.261 e. The Balaban J connectivity index is 2.36. The molecule has 0 fully saturated rings. The van der Waals surface area contributed by atoms with Crippen molar-refractivity contribution in [2.75, 3.05) is 11.8 Å². The monoisotopic (exact) mass is 305 g/mol. The second-order valence-electron chi connectivity index (χ2n) is 5.11. The van der Waals surface area contributed by atoms with E-state index in [1.807, 2.05) is 26.8 Å². The molecule has 0 unspecified atom stereocenters. The summed E-state index contributed by atoms with van der Waals surface area (Å²) in [5.41, 5.74) is 3.37. The fraction of sp³-hybridized carbons (Fsp3) is 0.250. The van der Waals surface area contributed by atoms with Crippen molar-refractivity contribution in [2.24, 2.45) is 0 Å². The minimum Gasteiger partial charge on any atom is -0.496 e. The molecule has 0 aliphatic heterocycles. The maximum absolute atomic E-state index is 12.4. The van der Waals surface area contributed by atoms with Gasteiger partial charge in [-0.3, -0.25) is 4.72 Å². The van der Waals surface area contributed by atoms with Crippen LogP contribution in [0.2, 0.25) is 0 Å². The number of sulfonamides is 1. The molecule has 0 spiro atoms. The molecule has 2 aromatic carbocycles. The molecule has 21 heavy (non-hydrogen) atoms. The third-order valence-electron chi connectivity index (χ3n) is 3.15. The maximum atomic E-state index is 12.4. The molecule has 0 atom stereocenters. The summed E-state index contributed by atoms with van der Waals surface area (Å²) in [6.45, 7) is 5.68. The van der Waals surface area contributed by atoms with Gasteiger partial charge >= 0.3 is 0 Å². The number of rotatable bonds is 4. The van der Waals surface area contributed by atoms with Gasteiger partial charge in [0.25, 0.3) is 10.0 Å². The largest absolute Gasteiger partial charge is 0.496 e. The van der Waals surface area contributed by atoms with Crippen LogP contribution in [-0.2, 0) is 10.0 Å². The van der Waals surface area contributed by atoms with Crippen molar-refractivity contribution in [3.63, 3.8) is 0 Å². The average molecular weight is 305 g/mol. The van der Waals surface area contributed by atoms with Crippen molar-refractivity contribution in [3.8, 4) is 5.75 Å². The molecule has 0 saturated carbocycles. The van der Waals surface area contributed by atoms with E-state index in [-0.39, 0.29) is 4.90 Å². The van der Waals surface area contributed by atoms with Crippen molar-refractivity contribution in [3.05, 3.63) is 53.1 Å². The van der Waals surface area contributed by atoms with Gasteiger partial charge in [-0.1, -0.05) is 6.07 Å². The number of nitrogens with one attached hydrogen (secondary N) is 1. The Labute approximate surface area is 125 Å². The number of hydrogen-bond donors (Lipinski definition) is 1. The number of anilines is 1. The number of methoxy groups -OCH3 is 1. The van der Waals surface area contributed by atoms with E-state index in [4.69, 9.17) is 4.74 Å². The predicted molar refractivity (Wildman–Crippen MR) is 84.5 cm³/mol. The Morgan fingerprint density at radius 3 is 2.10 bits per heavy atom. The Hall–Kier alpha value is -2.01. The molecule has 0 saturated heterocycles. The molecule has 0 aliphatic rings. The molecule has 112 valence electrons. The molecular formula is C16H19NO3S. The number of hydrogen-bond acceptors (Lipinski definition) is 3. The van der Waals surface area contributed by atoms with Gasteiger partial charge in [0, 0.05) is 5.69 Å². The highest BCUT2D eigenvalue weighted by Gasteiger charge is 2.15. The van der Waals surface area contributed by atoms with Crippen LogP contribution < -0.4 is 9.46 Å². The van der Waals surface area contributed by atoms with Crippen LogP contribution in [0.5, 0.6) is 5.75 Å². The van der Waals surface area contributed by atoms with Crippen LogP contribution >= 0.6 is 0 Å². The van der Waals surface area contributed by atoms with Crippen LogP contribution in [0.15, 0.2) is 41.3 Å². The Bertz CT molecular complexity index is 747. The van der Waals surface area contributed by atoms with Crippen molar-refractivity contribution in [1.82, 2.24) is 0 Å². The van der Waals surface area contributed by atoms with Crippen LogP contribution in [0.1, 0.15) is 16.7 Å². The first-order chi connectivity index (χ1) is 9.81. The lowest BCUT2D eigenvalue weighted by Crippen LogP contribution is -2.13. The molecule has 5 heteroatoms. The summed E-state index contributed by atoms with van der Waals surface area (Å²) in [5, 5.41) is 0. The zero-order valence-electron chi connectivity index (χ0n) is 12.6. The SMILES string of the molecule is COc1ccc(S(=O)(=O)Nc2cc(C)cc(C)c2)cc1C. The zero-order valence-corrected chi connectivity index (χ0v) is 13.4. The van der Waals surface area contributed by atoms with Crippen LogP contribution in [0.4, 0.5) is 5.69 Å². The second-order valence-corrected chi connectivity index (χ2v) is 6.80. The number of aryl methyl sites for hydroxylation is 3. The molecule has 0 heterocycles. The van der Waals surface area contributed by atoms with Crippen molar-refractivity contribution >= 4 is 15.7 Å². The van der Waals surface area contributed by atoms with E-state index in [0.717, 1.165) is 16.7 Å². The Morgan fingerprint density at radius 1 is 0.952 bits per heavy atom. The van der Waals surface area contributed by atoms with E-state index in [0.29, 0.717) is 11.4 Å². The molecule has 0 aromatic heterocycles. The standard InChI is InChI=1S/C16H19NO3S/c1-11-7-12(2)9-14(8-11)17-21(18,19)15-5-6-16(20-4)13(3)10-15/h5-10,17H,1-4H3. The molecule has 1 N–H and O–H groups in total. The van der Waals surface area contributed by atoms with Gasteiger partial charge in [0.05, 0.1) is 12.0 Å². The van der Waals surface area contributed by atoms with Gasteiger partial charge < -0.3 is 4.74 Å². The van der Waals surface area contributed by atoms with Gasteiger partial charge in [-0.15, -0.1) is 0 Å². The quantitative estimate of drug-likeness (QED) is 0.941. The highest BCUT2D eigenvalue weighted by atomic mass is 32.2. The molecule has 0 amide bonds. The van der Waals surface area contributed by atoms with Gasteiger partial charge in [0.2, 0.25) is 0 Å². The predicted octanol–water partition coefficient (Wildman–Crippen LogP) is 3.42. The van der Waals surface area contributed by atoms with Gasteiger partial charge in [0.1, 0.15) is 5.75 Å². The first-order valence-electron chi connectivity index (χ1n) is 6.57. The van der Waals surface area contributed by atoms with E-state index in [9.17, 15) is 8.42 Å². The van der Waals surface area contributed by atoms with Gasteiger partial charge in [-0.05, 0) is 67.8 Å². The topological polar surface area (TPSA) is 55.4 Å². The maximum Gasteiger partial charge on any atom is 0.261 e. The molecule has 4 nitrogen and oxygen atoms in total. The first-order valence-corrected chi connectivity index (χ1v) is 8.06. The fourth-order valence-corrected chi connectivity index (χ4v) is 3.39.